The van der Waals surface area contributed by atoms with Crippen LogP contribution in [0, 0.1) is 6.92 Å². The van der Waals surface area contributed by atoms with Crippen molar-refractivity contribution in [2.75, 3.05) is 5.32 Å². The Morgan fingerprint density at radius 2 is 1.79 bits per heavy atom. The van der Waals surface area contributed by atoms with E-state index in [9.17, 15) is 27.6 Å². The number of nitrogens with one attached hydrogen (secondary N) is 1. The fourth-order valence-electron chi connectivity index (χ4n) is 3.44. The predicted molar refractivity (Wildman–Crippen MR) is 113 cm³/mol. The number of nitrogens with zero attached hydrogens (tertiary/aromatic N) is 5. The smallest absolute Gasteiger partial charge is 0.320 e. The molecule has 0 bridgehead atoms. The first-order valence-corrected chi connectivity index (χ1v) is 9.58. The number of aryl methyl sites for hydroxylation is 1. The van der Waals surface area contributed by atoms with Gasteiger partial charge in [0.2, 0.25) is 0 Å². The fraction of sp³-hybridized carbons (Fsp3) is 0.190. The van der Waals surface area contributed by atoms with Gasteiger partial charge in [-0.05, 0) is 31.2 Å². The molecular formula is C21H17F3N6O3. The standard InChI is InChI=1S/C21H17F3N6O3/c1-11-16(10-26-30(11)14-6-4-5-12(7-14)21(22,23)24)18(31)27-13-8-15-17(25-9-13)28(2)20(33)29(3)19(15)32/h4-10H,1-3H3,(H,27,31). The number of hydrogen-bond donors (Lipinski definition) is 1. The Morgan fingerprint density at radius 1 is 1.06 bits per heavy atom. The summed E-state index contributed by atoms with van der Waals surface area (Å²) in [6.45, 7) is 1.55. The summed E-state index contributed by atoms with van der Waals surface area (Å²) in [5.41, 5.74) is -0.971. The quantitative estimate of drug-likeness (QED) is 0.508. The molecule has 4 rings (SSSR count). The number of alkyl halides is 3. The van der Waals surface area contributed by atoms with Crippen LogP contribution in [0.4, 0.5) is 18.9 Å². The maximum Gasteiger partial charge on any atom is 0.416 e. The zero-order chi connectivity index (χ0) is 24.1. The lowest BCUT2D eigenvalue weighted by Crippen LogP contribution is -2.37. The summed E-state index contributed by atoms with van der Waals surface area (Å²) in [7, 11) is 2.81. The Hall–Kier alpha value is -4.22. The van der Waals surface area contributed by atoms with E-state index in [-0.39, 0.29) is 28.0 Å². The normalized spacial score (nSPS) is 11.7. The van der Waals surface area contributed by atoms with Gasteiger partial charge in [-0.15, -0.1) is 0 Å². The van der Waals surface area contributed by atoms with E-state index in [0.29, 0.717) is 5.69 Å². The van der Waals surface area contributed by atoms with Gasteiger partial charge in [0.1, 0.15) is 5.65 Å². The fourth-order valence-corrected chi connectivity index (χ4v) is 3.44. The van der Waals surface area contributed by atoms with E-state index >= 15 is 0 Å². The Morgan fingerprint density at radius 3 is 2.48 bits per heavy atom. The highest BCUT2D eigenvalue weighted by Crippen LogP contribution is 2.30. The second-order valence-corrected chi connectivity index (χ2v) is 7.36. The maximum absolute atomic E-state index is 13.0. The number of hydrogen-bond acceptors (Lipinski definition) is 5. The second-order valence-electron chi connectivity index (χ2n) is 7.36. The molecular weight excluding hydrogens is 441 g/mol. The number of anilines is 1. The largest absolute Gasteiger partial charge is 0.416 e. The number of carbonyl (C=O) groups is 1. The van der Waals surface area contributed by atoms with Gasteiger partial charge in [0, 0.05) is 14.1 Å². The molecule has 0 fully saturated rings. The SMILES string of the molecule is Cc1c(C(=O)Nc2cnc3c(c2)c(=O)n(C)c(=O)n3C)cnn1-c1cccc(C(F)(F)F)c1. The van der Waals surface area contributed by atoms with Crippen molar-refractivity contribution in [3.8, 4) is 5.69 Å². The van der Waals surface area contributed by atoms with E-state index in [4.69, 9.17) is 0 Å². The lowest BCUT2D eigenvalue weighted by atomic mass is 10.2. The van der Waals surface area contributed by atoms with Crippen LogP contribution in [0.25, 0.3) is 16.7 Å². The molecule has 0 aliphatic carbocycles. The monoisotopic (exact) mass is 458 g/mol. The number of aromatic nitrogens is 5. The number of halogens is 3. The van der Waals surface area contributed by atoms with Crippen LogP contribution < -0.4 is 16.6 Å². The molecule has 12 heteroatoms. The van der Waals surface area contributed by atoms with Crippen LogP contribution >= 0.6 is 0 Å². The molecule has 0 spiro atoms. The summed E-state index contributed by atoms with van der Waals surface area (Å²) >= 11 is 0. The second kappa shape index (κ2) is 7.73. The lowest BCUT2D eigenvalue weighted by molar-refractivity contribution is -0.137. The average molecular weight is 458 g/mol. The minimum Gasteiger partial charge on any atom is -0.320 e. The molecule has 33 heavy (non-hydrogen) atoms. The van der Waals surface area contributed by atoms with Gasteiger partial charge < -0.3 is 5.32 Å². The van der Waals surface area contributed by atoms with Gasteiger partial charge in [-0.25, -0.2) is 14.5 Å². The summed E-state index contributed by atoms with van der Waals surface area (Å²) in [4.78, 5) is 41.4. The molecule has 9 nitrogen and oxygen atoms in total. The van der Waals surface area contributed by atoms with Crippen molar-refractivity contribution in [1.82, 2.24) is 23.9 Å². The van der Waals surface area contributed by atoms with Crippen molar-refractivity contribution in [3.63, 3.8) is 0 Å². The molecule has 0 radical (unpaired) electrons. The van der Waals surface area contributed by atoms with E-state index in [1.54, 1.807) is 6.92 Å². The summed E-state index contributed by atoms with van der Waals surface area (Å²) in [5.74, 6) is -0.589. The van der Waals surface area contributed by atoms with E-state index in [1.807, 2.05) is 0 Å². The van der Waals surface area contributed by atoms with Gasteiger partial charge in [0.15, 0.2) is 0 Å². The minimum atomic E-state index is -4.51. The van der Waals surface area contributed by atoms with Crippen molar-refractivity contribution in [3.05, 3.63) is 80.4 Å². The van der Waals surface area contributed by atoms with Gasteiger partial charge in [-0.1, -0.05) is 6.07 Å². The molecule has 1 amide bonds. The molecule has 0 atom stereocenters. The molecule has 170 valence electrons. The van der Waals surface area contributed by atoms with Gasteiger partial charge in [-0.3, -0.25) is 18.7 Å². The van der Waals surface area contributed by atoms with Gasteiger partial charge in [0.05, 0.1) is 46.0 Å². The number of fused-ring (bicyclic) bond motifs is 1. The molecule has 3 heterocycles. The van der Waals surface area contributed by atoms with E-state index in [1.165, 1.54) is 53.9 Å². The summed E-state index contributed by atoms with van der Waals surface area (Å²) in [6.07, 6.45) is -1.98. The molecule has 1 aromatic carbocycles. The molecule has 0 aliphatic rings. The first-order valence-electron chi connectivity index (χ1n) is 9.58. The lowest BCUT2D eigenvalue weighted by Gasteiger charge is -2.11. The van der Waals surface area contributed by atoms with Crippen molar-refractivity contribution in [2.24, 2.45) is 14.1 Å². The van der Waals surface area contributed by atoms with Crippen LogP contribution in [0.5, 0.6) is 0 Å². The summed E-state index contributed by atoms with van der Waals surface area (Å²) in [6, 6.07) is 5.99. The number of rotatable bonds is 3. The van der Waals surface area contributed by atoms with Crippen molar-refractivity contribution < 1.29 is 18.0 Å². The Balaban J connectivity index is 1.67. The summed E-state index contributed by atoms with van der Waals surface area (Å²) in [5, 5.41) is 6.79. The maximum atomic E-state index is 13.0. The Kier molecular flexibility index (Phi) is 5.15. The Labute approximate surface area is 183 Å². The first kappa shape index (κ1) is 22.0. The van der Waals surface area contributed by atoms with Crippen LogP contribution in [0.1, 0.15) is 21.6 Å². The minimum absolute atomic E-state index is 0.126. The highest BCUT2D eigenvalue weighted by molar-refractivity contribution is 6.05. The third-order valence-corrected chi connectivity index (χ3v) is 5.22. The zero-order valence-electron chi connectivity index (χ0n) is 17.6. The van der Waals surface area contributed by atoms with Crippen LogP contribution in [0.3, 0.4) is 0 Å². The number of carbonyl (C=O) groups excluding carboxylic acids is 1. The van der Waals surface area contributed by atoms with Crippen LogP contribution in [0.15, 0.2) is 52.3 Å². The van der Waals surface area contributed by atoms with Crippen molar-refractivity contribution in [2.45, 2.75) is 13.1 Å². The van der Waals surface area contributed by atoms with Crippen LogP contribution in [-0.2, 0) is 20.3 Å². The highest BCUT2D eigenvalue weighted by atomic mass is 19.4. The Bertz CT molecular complexity index is 1530. The number of amides is 1. The van der Waals surface area contributed by atoms with Gasteiger partial charge in [-0.2, -0.15) is 18.3 Å². The first-order chi connectivity index (χ1) is 15.5. The zero-order valence-corrected chi connectivity index (χ0v) is 17.6. The number of benzene rings is 1. The van der Waals surface area contributed by atoms with Crippen LogP contribution in [-0.4, -0.2) is 29.8 Å². The molecule has 1 N–H and O–H groups in total. The molecule has 4 aromatic rings. The average Bonchev–Trinajstić information content (AvgIpc) is 3.17. The van der Waals surface area contributed by atoms with Gasteiger partial charge in [0.25, 0.3) is 11.5 Å². The van der Waals surface area contributed by atoms with E-state index in [0.717, 1.165) is 16.7 Å². The van der Waals surface area contributed by atoms with Crippen molar-refractivity contribution >= 4 is 22.6 Å². The predicted octanol–water partition coefficient (Wildman–Crippen LogP) is 2.40. The third-order valence-electron chi connectivity index (χ3n) is 5.22. The molecule has 0 saturated heterocycles. The topological polar surface area (TPSA) is 104 Å². The van der Waals surface area contributed by atoms with E-state index in [2.05, 4.69) is 15.4 Å². The summed E-state index contributed by atoms with van der Waals surface area (Å²) < 4.78 is 42.5. The third kappa shape index (κ3) is 3.79. The van der Waals surface area contributed by atoms with Crippen LogP contribution in [0.2, 0.25) is 0 Å². The molecule has 0 saturated carbocycles. The van der Waals surface area contributed by atoms with Crippen molar-refractivity contribution in [1.29, 1.82) is 0 Å². The number of pyridine rings is 1. The molecule has 0 aliphatic heterocycles. The molecule has 0 unspecified atom stereocenters. The molecule has 3 aromatic heterocycles. The van der Waals surface area contributed by atoms with E-state index < -0.39 is 28.9 Å². The highest BCUT2D eigenvalue weighted by Gasteiger charge is 2.30. The van der Waals surface area contributed by atoms with Gasteiger partial charge >= 0.3 is 11.9 Å².